The molecule has 0 nitrogen and oxygen atoms in total. The lowest BCUT2D eigenvalue weighted by Crippen LogP contribution is -2.31. The van der Waals surface area contributed by atoms with Gasteiger partial charge in [0, 0.05) is 0 Å². The van der Waals surface area contributed by atoms with Crippen molar-refractivity contribution < 1.29 is 0 Å². The summed E-state index contributed by atoms with van der Waals surface area (Å²) in [6, 6.07) is 3.97. The first kappa shape index (κ1) is 10.4. The minimum atomic E-state index is -1.07. The van der Waals surface area contributed by atoms with Gasteiger partial charge in [0.2, 0.25) is 0 Å². The van der Waals surface area contributed by atoms with Gasteiger partial charge >= 0.3 is 0 Å². The van der Waals surface area contributed by atoms with Crippen LogP contribution in [0.3, 0.4) is 0 Å². The van der Waals surface area contributed by atoms with Crippen LogP contribution in [0.15, 0.2) is 10.7 Å². The van der Waals surface area contributed by atoms with Crippen LogP contribution in [0.5, 0.6) is 0 Å². The Labute approximate surface area is 73.9 Å². The Morgan fingerprint density at radius 3 is 1.50 bits per heavy atom. The first-order valence-corrected chi connectivity index (χ1v) is 7.39. The molecular weight excluding hydrogens is 204 g/mol. The summed E-state index contributed by atoms with van der Waals surface area (Å²) in [6.07, 6.45) is 0. The van der Waals surface area contributed by atoms with Crippen molar-refractivity contribution >= 4 is 24.0 Å². The molecular formula is C8H17BrSi. The van der Waals surface area contributed by atoms with Crippen LogP contribution in [0, 0.1) is 0 Å². The highest BCUT2D eigenvalue weighted by Crippen LogP contribution is 2.30. The second-order valence-electron chi connectivity index (χ2n) is 2.75. The van der Waals surface area contributed by atoms with E-state index < -0.39 is 8.07 Å². The molecule has 0 aromatic rings. The molecule has 0 spiro atoms. The summed E-state index contributed by atoms with van der Waals surface area (Å²) >= 11 is 3.55. The van der Waals surface area contributed by atoms with Gasteiger partial charge in [-0.3, -0.25) is 0 Å². The molecule has 0 saturated heterocycles. The lowest BCUT2D eigenvalue weighted by molar-refractivity contribution is 1.19. The summed E-state index contributed by atoms with van der Waals surface area (Å²) in [5, 5.41) is 0. The maximum atomic E-state index is 4.02. The van der Waals surface area contributed by atoms with Crippen molar-refractivity contribution in [3.05, 3.63) is 10.7 Å². The van der Waals surface area contributed by atoms with E-state index >= 15 is 0 Å². The maximum Gasteiger partial charge on any atom is 0.0940 e. The largest absolute Gasteiger partial charge is 0.0940 e. The topological polar surface area (TPSA) is 0 Å². The summed E-state index contributed by atoms with van der Waals surface area (Å²) in [4.78, 5) is 0. The Morgan fingerprint density at radius 1 is 1.20 bits per heavy atom. The van der Waals surface area contributed by atoms with Crippen molar-refractivity contribution in [3.63, 3.8) is 0 Å². The molecule has 0 rings (SSSR count). The zero-order chi connectivity index (χ0) is 8.20. The third-order valence-corrected chi connectivity index (χ3v) is 10.3. The minimum absolute atomic E-state index is 1.07. The Balaban J connectivity index is 4.31. The molecule has 0 atom stereocenters. The highest BCUT2D eigenvalue weighted by atomic mass is 79.9. The maximum absolute atomic E-state index is 4.02. The van der Waals surface area contributed by atoms with Gasteiger partial charge in [0.25, 0.3) is 0 Å². The summed E-state index contributed by atoms with van der Waals surface area (Å²) in [5.74, 6) is 0. The number of hydrogen-bond acceptors (Lipinski definition) is 0. The smallest absolute Gasteiger partial charge is 0.0930 e. The van der Waals surface area contributed by atoms with Gasteiger partial charge in [-0.2, -0.15) is 0 Å². The molecule has 0 N–H and O–H groups in total. The Morgan fingerprint density at radius 2 is 1.50 bits per heavy atom. The van der Waals surface area contributed by atoms with E-state index in [0.29, 0.717) is 0 Å². The van der Waals surface area contributed by atoms with E-state index in [1.165, 1.54) is 22.2 Å². The second-order valence-corrected chi connectivity index (χ2v) is 9.72. The molecule has 0 unspecified atom stereocenters. The van der Waals surface area contributed by atoms with Crippen LogP contribution >= 0.6 is 15.9 Å². The molecule has 0 radical (unpaired) electrons. The molecule has 0 bridgehead atoms. The third-order valence-electron chi connectivity index (χ3n) is 2.61. The monoisotopic (exact) mass is 220 g/mol. The normalized spacial score (nSPS) is 11.6. The Kier molecular flexibility index (Phi) is 4.53. The van der Waals surface area contributed by atoms with Crippen molar-refractivity contribution in [3.8, 4) is 0 Å². The standard InChI is InChI=1S/C8H17BrSi/c1-5-10(6-2,7-3)8(4)9/h4-7H2,1-3H3. The summed E-state index contributed by atoms with van der Waals surface area (Å²) < 4.78 is 1.30. The quantitative estimate of drug-likeness (QED) is 0.631. The molecule has 0 saturated carbocycles. The average molecular weight is 221 g/mol. The molecule has 0 aliphatic rings. The Hall–Kier alpha value is 0.437. The predicted octanol–water partition coefficient (Wildman–Crippen LogP) is 3.94. The molecule has 0 aromatic heterocycles. The van der Waals surface area contributed by atoms with Crippen LogP contribution in [-0.4, -0.2) is 8.07 Å². The summed E-state index contributed by atoms with van der Waals surface area (Å²) in [5.41, 5.74) is 0. The second kappa shape index (κ2) is 4.34. The first-order chi connectivity index (χ1) is 4.63. The zero-order valence-electron chi connectivity index (χ0n) is 7.21. The molecule has 0 amide bonds. The number of hydrogen-bond donors (Lipinski definition) is 0. The fourth-order valence-corrected chi connectivity index (χ4v) is 6.50. The highest BCUT2D eigenvalue weighted by Gasteiger charge is 2.28. The van der Waals surface area contributed by atoms with E-state index in [4.69, 9.17) is 0 Å². The van der Waals surface area contributed by atoms with Crippen molar-refractivity contribution in [1.29, 1.82) is 0 Å². The van der Waals surface area contributed by atoms with E-state index in [0.717, 1.165) is 0 Å². The third kappa shape index (κ3) is 1.96. The Bertz CT molecular complexity index is 108. The summed E-state index contributed by atoms with van der Waals surface area (Å²) in [6.45, 7) is 10.9. The van der Waals surface area contributed by atoms with Gasteiger partial charge in [0.15, 0.2) is 0 Å². The SMILES string of the molecule is C=C(Br)[Si](CC)(CC)CC. The lowest BCUT2D eigenvalue weighted by Gasteiger charge is -2.26. The van der Waals surface area contributed by atoms with Gasteiger partial charge in [0.1, 0.15) is 0 Å². The summed E-state index contributed by atoms with van der Waals surface area (Å²) in [7, 11) is -1.07. The van der Waals surface area contributed by atoms with E-state index in [1.54, 1.807) is 0 Å². The predicted molar refractivity (Wildman–Crippen MR) is 55.3 cm³/mol. The van der Waals surface area contributed by atoms with Crippen molar-refractivity contribution in [2.24, 2.45) is 0 Å². The van der Waals surface area contributed by atoms with Gasteiger partial charge in [-0.15, -0.1) is 0 Å². The highest BCUT2D eigenvalue weighted by molar-refractivity contribution is 9.12. The first-order valence-electron chi connectivity index (χ1n) is 3.97. The van der Waals surface area contributed by atoms with Crippen LogP contribution < -0.4 is 0 Å². The van der Waals surface area contributed by atoms with Crippen LogP contribution in [-0.2, 0) is 0 Å². The fraction of sp³-hybridized carbons (Fsp3) is 0.750. The number of rotatable bonds is 4. The molecule has 0 aliphatic heterocycles. The zero-order valence-corrected chi connectivity index (χ0v) is 9.79. The number of halogens is 1. The minimum Gasteiger partial charge on any atom is -0.0930 e. The van der Waals surface area contributed by atoms with E-state index in [-0.39, 0.29) is 0 Å². The molecule has 10 heavy (non-hydrogen) atoms. The van der Waals surface area contributed by atoms with Crippen LogP contribution in [0.4, 0.5) is 0 Å². The van der Waals surface area contributed by atoms with E-state index in [1.807, 2.05) is 0 Å². The van der Waals surface area contributed by atoms with E-state index in [9.17, 15) is 0 Å². The van der Waals surface area contributed by atoms with Crippen molar-refractivity contribution in [2.45, 2.75) is 38.9 Å². The van der Waals surface area contributed by atoms with Crippen molar-refractivity contribution in [2.75, 3.05) is 0 Å². The molecule has 2 heteroatoms. The van der Waals surface area contributed by atoms with Gasteiger partial charge in [0.05, 0.1) is 8.07 Å². The van der Waals surface area contributed by atoms with Crippen LogP contribution in [0.1, 0.15) is 20.8 Å². The fourth-order valence-electron chi connectivity index (χ4n) is 1.33. The van der Waals surface area contributed by atoms with E-state index in [2.05, 4.69) is 43.3 Å². The van der Waals surface area contributed by atoms with Gasteiger partial charge in [-0.1, -0.05) is 61.4 Å². The molecule has 0 heterocycles. The molecule has 0 fully saturated rings. The average Bonchev–Trinajstić information content (AvgIpc) is 1.92. The van der Waals surface area contributed by atoms with Crippen molar-refractivity contribution in [1.82, 2.24) is 0 Å². The van der Waals surface area contributed by atoms with Gasteiger partial charge in [-0.25, -0.2) is 0 Å². The molecule has 0 aromatic carbocycles. The lowest BCUT2D eigenvalue weighted by atomic mass is 10.9. The van der Waals surface area contributed by atoms with Crippen LogP contribution in [0.25, 0.3) is 0 Å². The van der Waals surface area contributed by atoms with Gasteiger partial charge < -0.3 is 0 Å². The molecule has 0 aliphatic carbocycles. The van der Waals surface area contributed by atoms with Crippen LogP contribution in [0.2, 0.25) is 18.1 Å². The molecule has 60 valence electrons. The van der Waals surface area contributed by atoms with Gasteiger partial charge in [-0.05, 0) is 4.11 Å².